The summed E-state index contributed by atoms with van der Waals surface area (Å²) < 4.78 is 10.6. The number of benzene rings is 1. The Morgan fingerprint density at radius 2 is 2.25 bits per heavy atom. The molecule has 0 bridgehead atoms. The lowest BCUT2D eigenvalue weighted by molar-refractivity contribution is -0.106. The van der Waals surface area contributed by atoms with Gasteiger partial charge in [-0.2, -0.15) is 0 Å². The van der Waals surface area contributed by atoms with Crippen LogP contribution in [0.25, 0.3) is 0 Å². The number of methoxy groups -OCH3 is 1. The summed E-state index contributed by atoms with van der Waals surface area (Å²) in [6, 6.07) is 5.66. The Labute approximate surface area is 100 Å². The maximum Gasteiger partial charge on any atom is 0.122 e. The van der Waals surface area contributed by atoms with E-state index in [1.54, 1.807) is 7.11 Å². The van der Waals surface area contributed by atoms with E-state index in [0.29, 0.717) is 6.54 Å². The molecule has 1 aromatic rings. The minimum Gasteiger partial charge on any atom is -0.496 e. The van der Waals surface area contributed by atoms with Crippen molar-refractivity contribution < 1.29 is 9.47 Å². The lowest BCUT2D eigenvalue weighted by atomic mass is 9.80. The molecule has 1 fully saturated rings. The van der Waals surface area contributed by atoms with E-state index in [1.165, 1.54) is 0 Å². The summed E-state index contributed by atoms with van der Waals surface area (Å²) in [5.74, 6) is 0.865. The number of hydrogen-bond acceptors (Lipinski definition) is 3. The number of hydrogen-bond donors (Lipinski definition) is 1. The molecule has 0 spiro atoms. The van der Waals surface area contributed by atoms with Gasteiger partial charge in [0.05, 0.1) is 20.3 Å². The zero-order valence-electron chi connectivity index (χ0n) is 9.33. The SMILES string of the molecule is COc1ccc(Cl)cc1CC1(CN)COC1. The van der Waals surface area contributed by atoms with E-state index in [9.17, 15) is 0 Å². The van der Waals surface area contributed by atoms with Gasteiger partial charge in [-0.05, 0) is 30.2 Å². The zero-order chi connectivity index (χ0) is 11.6. The molecule has 0 saturated carbocycles. The van der Waals surface area contributed by atoms with Crippen molar-refractivity contribution in [3.63, 3.8) is 0 Å². The van der Waals surface area contributed by atoms with E-state index in [-0.39, 0.29) is 5.41 Å². The van der Waals surface area contributed by atoms with E-state index in [0.717, 1.165) is 36.0 Å². The highest BCUT2D eigenvalue weighted by molar-refractivity contribution is 6.30. The smallest absolute Gasteiger partial charge is 0.122 e. The third-order valence-corrected chi connectivity index (χ3v) is 3.29. The van der Waals surface area contributed by atoms with E-state index in [1.807, 2.05) is 18.2 Å². The third-order valence-electron chi connectivity index (χ3n) is 3.06. The van der Waals surface area contributed by atoms with Crippen molar-refractivity contribution in [2.45, 2.75) is 6.42 Å². The molecule has 4 heteroatoms. The van der Waals surface area contributed by atoms with Crippen LogP contribution >= 0.6 is 11.6 Å². The summed E-state index contributed by atoms with van der Waals surface area (Å²) in [5, 5.41) is 0.725. The molecule has 2 N–H and O–H groups in total. The fraction of sp³-hybridized carbons (Fsp3) is 0.500. The largest absolute Gasteiger partial charge is 0.496 e. The summed E-state index contributed by atoms with van der Waals surface area (Å²) in [6.45, 7) is 2.07. The molecular weight excluding hydrogens is 226 g/mol. The normalized spacial score (nSPS) is 17.9. The van der Waals surface area contributed by atoms with E-state index < -0.39 is 0 Å². The first kappa shape index (κ1) is 11.7. The van der Waals surface area contributed by atoms with Crippen LogP contribution in [0.4, 0.5) is 0 Å². The minimum absolute atomic E-state index is 0.0674. The van der Waals surface area contributed by atoms with Gasteiger partial charge >= 0.3 is 0 Å². The van der Waals surface area contributed by atoms with Crippen molar-refractivity contribution in [3.8, 4) is 5.75 Å². The maximum absolute atomic E-state index is 5.99. The Kier molecular flexibility index (Phi) is 3.38. The van der Waals surface area contributed by atoms with Crippen LogP contribution in [-0.2, 0) is 11.2 Å². The monoisotopic (exact) mass is 241 g/mol. The lowest BCUT2D eigenvalue weighted by Crippen LogP contribution is -2.49. The van der Waals surface area contributed by atoms with Gasteiger partial charge in [-0.25, -0.2) is 0 Å². The Morgan fingerprint density at radius 1 is 1.50 bits per heavy atom. The lowest BCUT2D eigenvalue weighted by Gasteiger charge is -2.40. The molecule has 16 heavy (non-hydrogen) atoms. The molecule has 1 heterocycles. The molecular formula is C12H16ClNO2. The minimum atomic E-state index is 0.0674. The van der Waals surface area contributed by atoms with Crippen molar-refractivity contribution in [3.05, 3.63) is 28.8 Å². The van der Waals surface area contributed by atoms with Gasteiger partial charge in [0.15, 0.2) is 0 Å². The van der Waals surface area contributed by atoms with Crippen LogP contribution in [0.5, 0.6) is 5.75 Å². The standard InChI is InChI=1S/C12H16ClNO2/c1-15-11-3-2-10(13)4-9(11)5-12(6-14)7-16-8-12/h2-4H,5-8,14H2,1H3. The fourth-order valence-electron chi connectivity index (χ4n) is 1.97. The Balaban J connectivity index is 2.22. The summed E-state index contributed by atoms with van der Waals surface area (Å²) in [4.78, 5) is 0. The number of nitrogens with two attached hydrogens (primary N) is 1. The molecule has 1 aliphatic rings. The van der Waals surface area contributed by atoms with E-state index in [2.05, 4.69) is 0 Å². The Morgan fingerprint density at radius 3 is 2.75 bits per heavy atom. The summed E-state index contributed by atoms with van der Waals surface area (Å²) in [7, 11) is 1.67. The van der Waals surface area contributed by atoms with Crippen LogP contribution in [0, 0.1) is 5.41 Å². The second-order valence-corrected chi connectivity index (χ2v) is 4.77. The Bertz CT molecular complexity index is 372. The van der Waals surface area contributed by atoms with Gasteiger partial charge in [-0.1, -0.05) is 11.6 Å². The molecule has 1 aliphatic heterocycles. The zero-order valence-corrected chi connectivity index (χ0v) is 10.1. The molecule has 0 aromatic heterocycles. The van der Waals surface area contributed by atoms with E-state index in [4.69, 9.17) is 26.8 Å². The second kappa shape index (κ2) is 4.62. The van der Waals surface area contributed by atoms with Crippen LogP contribution in [-0.4, -0.2) is 26.9 Å². The molecule has 2 rings (SSSR count). The fourth-order valence-corrected chi connectivity index (χ4v) is 2.17. The van der Waals surface area contributed by atoms with Crippen molar-refractivity contribution in [2.75, 3.05) is 26.9 Å². The average Bonchev–Trinajstić information content (AvgIpc) is 2.24. The summed E-state index contributed by atoms with van der Waals surface area (Å²) >= 11 is 5.99. The van der Waals surface area contributed by atoms with Gasteiger partial charge in [-0.3, -0.25) is 0 Å². The topological polar surface area (TPSA) is 44.5 Å². The molecule has 0 atom stereocenters. The van der Waals surface area contributed by atoms with Gasteiger partial charge in [0.2, 0.25) is 0 Å². The summed E-state index contributed by atoms with van der Waals surface area (Å²) in [6.07, 6.45) is 0.854. The van der Waals surface area contributed by atoms with Crippen molar-refractivity contribution in [2.24, 2.45) is 11.1 Å². The van der Waals surface area contributed by atoms with Gasteiger partial charge in [0.25, 0.3) is 0 Å². The van der Waals surface area contributed by atoms with Crippen LogP contribution in [0.3, 0.4) is 0 Å². The first-order valence-corrected chi connectivity index (χ1v) is 5.67. The molecule has 1 saturated heterocycles. The highest BCUT2D eigenvalue weighted by Crippen LogP contribution is 2.34. The van der Waals surface area contributed by atoms with Crippen molar-refractivity contribution in [1.29, 1.82) is 0 Å². The van der Waals surface area contributed by atoms with Gasteiger partial charge in [-0.15, -0.1) is 0 Å². The predicted molar refractivity (Wildman–Crippen MR) is 64.0 cm³/mol. The molecule has 3 nitrogen and oxygen atoms in total. The molecule has 0 unspecified atom stereocenters. The number of halogens is 1. The average molecular weight is 242 g/mol. The summed E-state index contributed by atoms with van der Waals surface area (Å²) in [5.41, 5.74) is 6.96. The highest BCUT2D eigenvalue weighted by Gasteiger charge is 2.37. The molecule has 0 aliphatic carbocycles. The van der Waals surface area contributed by atoms with Gasteiger partial charge in [0.1, 0.15) is 5.75 Å². The number of ether oxygens (including phenoxy) is 2. The van der Waals surface area contributed by atoms with Gasteiger partial charge < -0.3 is 15.2 Å². The van der Waals surface area contributed by atoms with Gasteiger partial charge in [0, 0.05) is 17.0 Å². The Hall–Kier alpha value is -0.770. The maximum atomic E-state index is 5.99. The quantitative estimate of drug-likeness (QED) is 0.875. The third kappa shape index (κ3) is 2.17. The molecule has 88 valence electrons. The molecule has 0 amide bonds. The number of rotatable bonds is 4. The van der Waals surface area contributed by atoms with Crippen LogP contribution in [0.2, 0.25) is 5.02 Å². The second-order valence-electron chi connectivity index (χ2n) is 4.33. The predicted octanol–water partition coefficient (Wildman–Crippen LogP) is 1.87. The molecule has 1 aromatic carbocycles. The van der Waals surface area contributed by atoms with E-state index >= 15 is 0 Å². The molecule has 0 radical (unpaired) electrons. The highest BCUT2D eigenvalue weighted by atomic mass is 35.5. The van der Waals surface area contributed by atoms with Crippen LogP contribution in [0.15, 0.2) is 18.2 Å². The van der Waals surface area contributed by atoms with Crippen molar-refractivity contribution in [1.82, 2.24) is 0 Å². The van der Waals surface area contributed by atoms with Crippen molar-refractivity contribution >= 4 is 11.6 Å². The first-order chi connectivity index (χ1) is 7.69. The first-order valence-electron chi connectivity index (χ1n) is 5.29. The van der Waals surface area contributed by atoms with Crippen LogP contribution in [0.1, 0.15) is 5.56 Å². The van der Waals surface area contributed by atoms with Crippen LogP contribution < -0.4 is 10.5 Å².